The first kappa shape index (κ1) is 19.4. The molecule has 0 radical (unpaired) electrons. The summed E-state index contributed by atoms with van der Waals surface area (Å²) in [6.07, 6.45) is 2.19. The minimum Gasteiger partial charge on any atom is -0.361 e. The van der Waals surface area contributed by atoms with Gasteiger partial charge in [0.05, 0.1) is 16.9 Å². The smallest absolute Gasteiger partial charge is 0.138 e. The molecule has 2 aromatic rings. The molecule has 0 amide bonds. The molecule has 0 aliphatic carbocycles. The highest BCUT2D eigenvalue weighted by atomic mass is 35.5. The van der Waals surface area contributed by atoms with Gasteiger partial charge in [0.1, 0.15) is 5.76 Å². The molecule has 1 aliphatic rings. The Morgan fingerprint density at radius 2 is 2.21 bits per heavy atom. The number of hydrogen-bond donors (Lipinski definition) is 1. The van der Waals surface area contributed by atoms with Crippen molar-refractivity contribution in [1.29, 1.82) is 0 Å². The van der Waals surface area contributed by atoms with Crippen LogP contribution < -0.4 is 5.32 Å². The van der Waals surface area contributed by atoms with Gasteiger partial charge >= 0.3 is 0 Å². The summed E-state index contributed by atoms with van der Waals surface area (Å²) in [4.78, 5) is 8.30. The largest absolute Gasteiger partial charge is 0.361 e. The van der Waals surface area contributed by atoms with Crippen molar-refractivity contribution < 1.29 is 4.52 Å². The third kappa shape index (κ3) is 4.57. The molecular weight excluding hydrogens is 344 g/mol. The van der Waals surface area contributed by atoms with Crippen molar-refractivity contribution in [2.24, 2.45) is 5.92 Å². The minimum absolute atomic E-state index is 0. The number of thiazole rings is 1. The van der Waals surface area contributed by atoms with E-state index in [0.717, 1.165) is 62.2 Å². The molecule has 1 saturated heterocycles. The fraction of sp³-hybridized carbons (Fsp3) is 0.647. The van der Waals surface area contributed by atoms with Gasteiger partial charge in [-0.3, -0.25) is 4.90 Å². The molecule has 1 fully saturated rings. The van der Waals surface area contributed by atoms with Gasteiger partial charge in [0.25, 0.3) is 0 Å². The van der Waals surface area contributed by atoms with Crippen LogP contribution in [0.1, 0.15) is 40.9 Å². The molecule has 0 spiro atoms. The predicted octanol–water partition coefficient (Wildman–Crippen LogP) is 3.34. The Kier molecular flexibility index (Phi) is 7.22. The van der Waals surface area contributed by atoms with Crippen molar-refractivity contribution in [1.82, 2.24) is 20.4 Å². The zero-order valence-electron chi connectivity index (χ0n) is 14.7. The SMILES string of the molecule is CCc1noc(C)c1CN(Cc1scnc1C)CC1CCNC1.Cl. The molecular formula is C17H27ClN4OS. The zero-order valence-corrected chi connectivity index (χ0v) is 16.3. The first-order valence-corrected chi connectivity index (χ1v) is 9.31. The van der Waals surface area contributed by atoms with E-state index >= 15 is 0 Å². The minimum atomic E-state index is 0. The standard InChI is InChI=1S/C17H26N4OS.ClH/c1-4-16-15(13(3)22-20-16)9-21(8-14-5-6-18-7-14)10-17-12(2)19-11-23-17;/h11,14,18H,4-10H2,1-3H3;1H. The number of aryl methyl sites for hydroxylation is 3. The van der Waals surface area contributed by atoms with Crippen LogP contribution in [0.4, 0.5) is 0 Å². The zero-order chi connectivity index (χ0) is 16.2. The summed E-state index contributed by atoms with van der Waals surface area (Å²) in [5, 5.41) is 7.68. The maximum atomic E-state index is 5.42. The van der Waals surface area contributed by atoms with E-state index in [0.29, 0.717) is 0 Å². The van der Waals surface area contributed by atoms with Gasteiger partial charge in [-0.1, -0.05) is 12.1 Å². The van der Waals surface area contributed by atoms with Crippen molar-refractivity contribution >= 4 is 23.7 Å². The second-order valence-corrected chi connectivity index (χ2v) is 7.35. The summed E-state index contributed by atoms with van der Waals surface area (Å²) in [6.45, 7) is 11.5. The van der Waals surface area contributed by atoms with Gasteiger partial charge in [-0.2, -0.15) is 0 Å². The first-order chi connectivity index (χ1) is 11.2. The summed E-state index contributed by atoms with van der Waals surface area (Å²) in [7, 11) is 0. The lowest BCUT2D eigenvalue weighted by molar-refractivity contribution is 0.220. The highest BCUT2D eigenvalue weighted by Crippen LogP contribution is 2.22. The maximum Gasteiger partial charge on any atom is 0.138 e. The van der Waals surface area contributed by atoms with E-state index in [4.69, 9.17) is 4.52 Å². The summed E-state index contributed by atoms with van der Waals surface area (Å²) >= 11 is 1.76. The fourth-order valence-electron chi connectivity index (χ4n) is 3.24. The van der Waals surface area contributed by atoms with Gasteiger partial charge in [-0.15, -0.1) is 23.7 Å². The van der Waals surface area contributed by atoms with Crippen molar-refractivity contribution in [2.75, 3.05) is 19.6 Å². The average Bonchev–Trinajstić information content (AvgIpc) is 3.25. The maximum absolute atomic E-state index is 5.42. The molecule has 134 valence electrons. The average molecular weight is 371 g/mol. The number of halogens is 1. The van der Waals surface area contributed by atoms with E-state index in [1.165, 1.54) is 16.9 Å². The van der Waals surface area contributed by atoms with E-state index in [1.54, 1.807) is 11.3 Å². The molecule has 1 N–H and O–H groups in total. The van der Waals surface area contributed by atoms with Crippen LogP contribution >= 0.6 is 23.7 Å². The molecule has 0 aromatic carbocycles. The van der Waals surface area contributed by atoms with Gasteiger partial charge in [-0.25, -0.2) is 4.98 Å². The Balaban J connectivity index is 0.00000208. The third-order valence-corrected chi connectivity index (χ3v) is 5.59. The molecule has 1 atom stereocenters. The molecule has 3 heterocycles. The molecule has 0 saturated carbocycles. The molecule has 5 nitrogen and oxygen atoms in total. The predicted molar refractivity (Wildman–Crippen MR) is 99.8 cm³/mol. The van der Waals surface area contributed by atoms with Crippen LogP contribution in [0, 0.1) is 19.8 Å². The normalized spacial score (nSPS) is 17.4. The van der Waals surface area contributed by atoms with E-state index in [9.17, 15) is 0 Å². The molecule has 7 heteroatoms. The lowest BCUT2D eigenvalue weighted by atomic mass is 10.1. The van der Waals surface area contributed by atoms with Crippen LogP contribution in [-0.4, -0.2) is 34.7 Å². The summed E-state index contributed by atoms with van der Waals surface area (Å²) in [5.74, 6) is 1.69. The van der Waals surface area contributed by atoms with E-state index < -0.39 is 0 Å². The van der Waals surface area contributed by atoms with Gasteiger partial charge in [-0.05, 0) is 45.7 Å². The number of rotatable bonds is 7. The van der Waals surface area contributed by atoms with Gasteiger partial charge in [0.15, 0.2) is 0 Å². The summed E-state index contributed by atoms with van der Waals surface area (Å²) in [6, 6.07) is 0. The van der Waals surface area contributed by atoms with E-state index in [2.05, 4.69) is 34.2 Å². The molecule has 1 unspecified atom stereocenters. The second-order valence-electron chi connectivity index (χ2n) is 6.41. The van der Waals surface area contributed by atoms with Gasteiger partial charge in [0.2, 0.25) is 0 Å². The third-order valence-electron chi connectivity index (χ3n) is 4.67. The lowest BCUT2D eigenvalue weighted by Crippen LogP contribution is -2.30. The topological polar surface area (TPSA) is 54.2 Å². The second kappa shape index (κ2) is 8.94. The first-order valence-electron chi connectivity index (χ1n) is 8.43. The van der Waals surface area contributed by atoms with E-state index in [-0.39, 0.29) is 12.4 Å². The van der Waals surface area contributed by atoms with Crippen LogP contribution in [0.15, 0.2) is 10.0 Å². The Hall–Kier alpha value is -0.950. The number of nitrogens with one attached hydrogen (secondary N) is 1. The van der Waals surface area contributed by atoms with Crippen LogP contribution in [0.25, 0.3) is 0 Å². The van der Waals surface area contributed by atoms with Crippen LogP contribution in [-0.2, 0) is 19.5 Å². The van der Waals surface area contributed by atoms with Crippen molar-refractivity contribution in [2.45, 2.75) is 46.7 Å². The molecule has 0 bridgehead atoms. The molecule has 1 aliphatic heterocycles. The Morgan fingerprint density at radius 3 is 2.83 bits per heavy atom. The quantitative estimate of drug-likeness (QED) is 0.810. The van der Waals surface area contributed by atoms with E-state index in [1.807, 2.05) is 12.4 Å². The fourth-order valence-corrected chi connectivity index (χ4v) is 4.06. The Bertz CT molecular complexity index is 636. The van der Waals surface area contributed by atoms with Crippen molar-refractivity contribution in [3.05, 3.63) is 33.1 Å². The van der Waals surface area contributed by atoms with Gasteiger partial charge in [0, 0.05) is 30.1 Å². The van der Waals surface area contributed by atoms with Crippen LogP contribution in [0.5, 0.6) is 0 Å². The van der Waals surface area contributed by atoms with Crippen molar-refractivity contribution in [3.63, 3.8) is 0 Å². The highest BCUT2D eigenvalue weighted by Gasteiger charge is 2.22. The highest BCUT2D eigenvalue weighted by molar-refractivity contribution is 7.09. The van der Waals surface area contributed by atoms with Crippen LogP contribution in [0.2, 0.25) is 0 Å². The summed E-state index contributed by atoms with van der Waals surface area (Å²) in [5.41, 5.74) is 5.46. The van der Waals surface area contributed by atoms with Gasteiger partial charge < -0.3 is 9.84 Å². The monoisotopic (exact) mass is 370 g/mol. The number of aromatic nitrogens is 2. The van der Waals surface area contributed by atoms with Crippen LogP contribution in [0.3, 0.4) is 0 Å². The molecule has 3 rings (SSSR count). The van der Waals surface area contributed by atoms with Crippen molar-refractivity contribution in [3.8, 4) is 0 Å². The summed E-state index contributed by atoms with van der Waals surface area (Å²) < 4.78 is 5.42. The molecule has 24 heavy (non-hydrogen) atoms. The molecule has 2 aromatic heterocycles. The number of nitrogens with zero attached hydrogens (tertiary/aromatic N) is 3. The Labute approximate surface area is 154 Å². The lowest BCUT2D eigenvalue weighted by Gasteiger charge is -2.25. The number of hydrogen-bond acceptors (Lipinski definition) is 6. The Morgan fingerprint density at radius 1 is 1.38 bits per heavy atom.